The molecule has 0 radical (unpaired) electrons. The normalized spacial score (nSPS) is 23.0. The maximum absolute atomic E-state index is 11.5. The first-order chi connectivity index (χ1) is 15.9. The van der Waals surface area contributed by atoms with E-state index in [1.165, 1.54) is 11.3 Å². The summed E-state index contributed by atoms with van der Waals surface area (Å²) in [5.41, 5.74) is 2.76. The van der Waals surface area contributed by atoms with E-state index < -0.39 is 17.5 Å². The first-order valence-electron chi connectivity index (χ1n) is 11.6. The number of hydrogen-bond acceptors (Lipinski definition) is 7. The number of carbonyl (C=O) groups is 1. The summed E-state index contributed by atoms with van der Waals surface area (Å²) in [7, 11) is 0. The summed E-state index contributed by atoms with van der Waals surface area (Å²) in [4.78, 5) is 26.0. The van der Waals surface area contributed by atoms with Gasteiger partial charge >= 0.3 is 5.97 Å². The average molecular weight is 481 g/mol. The number of anilines is 2. The number of hydrogen-bond donors (Lipinski definition) is 3. The van der Waals surface area contributed by atoms with Crippen LogP contribution in [0.3, 0.4) is 0 Å². The molecule has 34 heavy (non-hydrogen) atoms. The van der Waals surface area contributed by atoms with Gasteiger partial charge in [-0.25, -0.2) is 15.0 Å². The lowest BCUT2D eigenvalue weighted by atomic mass is 9.72. The SMILES string of the molecule is Cc1cc(Nc2nccc(C(C)(C)C)n2)cc(-c2cnc(C3(O)CCC(C(=O)O)C(C)C3)s2)c1. The molecular weight excluding hydrogens is 448 g/mol. The van der Waals surface area contributed by atoms with Crippen molar-refractivity contribution in [1.29, 1.82) is 0 Å². The molecule has 7 nitrogen and oxygen atoms in total. The number of benzene rings is 1. The molecule has 0 bridgehead atoms. The maximum atomic E-state index is 11.5. The van der Waals surface area contributed by atoms with Crippen molar-refractivity contribution in [2.45, 2.75) is 64.9 Å². The van der Waals surface area contributed by atoms with Crippen molar-refractivity contribution < 1.29 is 15.0 Å². The van der Waals surface area contributed by atoms with Gasteiger partial charge in [0, 0.05) is 23.5 Å². The maximum Gasteiger partial charge on any atom is 0.306 e. The van der Waals surface area contributed by atoms with E-state index >= 15 is 0 Å². The van der Waals surface area contributed by atoms with Crippen LogP contribution in [0.15, 0.2) is 36.7 Å². The second kappa shape index (κ2) is 9.07. The minimum Gasteiger partial charge on any atom is -0.481 e. The van der Waals surface area contributed by atoms with Gasteiger partial charge in [-0.15, -0.1) is 11.3 Å². The third kappa shape index (κ3) is 5.13. The zero-order valence-electron chi connectivity index (χ0n) is 20.3. The van der Waals surface area contributed by atoms with E-state index in [0.29, 0.717) is 30.2 Å². The molecule has 3 atom stereocenters. The monoisotopic (exact) mass is 480 g/mol. The molecule has 1 aliphatic carbocycles. The van der Waals surface area contributed by atoms with E-state index in [1.807, 2.05) is 32.0 Å². The molecule has 0 amide bonds. The van der Waals surface area contributed by atoms with Gasteiger partial charge in [0.1, 0.15) is 10.6 Å². The zero-order chi connectivity index (χ0) is 24.7. The van der Waals surface area contributed by atoms with Crippen LogP contribution in [0.4, 0.5) is 11.6 Å². The minimum absolute atomic E-state index is 0.0719. The molecule has 0 saturated heterocycles. The number of carboxylic acid groups (broad SMARTS) is 1. The number of aryl methyl sites for hydroxylation is 1. The Morgan fingerprint density at radius 3 is 2.68 bits per heavy atom. The van der Waals surface area contributed by atoms with Crippen molar-refractivity contribution >= 4 is 28.9 Å². The van der Waals surface area contributed by atoms with Crippen molar-refractivity contribution in [3.8, 4) is 10.4 Å². The molecule has 2 aromatic heterocycles. The molecule has 0 aliphatic heterocycles. The van der Waals surface area contributed by atoms with Crippen LogP contribution in [0.2, 0.25) is 0 Å². The van der Waals surface area contributed by atoms with Crippen LogP contribution >= 0.6 is 11.3 Å². The Morgan fingerprint density at radius 1 is 1.24 bits per heavy atom. The molecule has 1 fully saturated rings. The van der Waals surface area contributed by atoms with E-state index in [9.17, 15) is 15.0 Å². The van der Waals surface area contributed by atoms with Crippen LogP contribution in [-0.2, 0) is 15.8 Å². The summed E-state index contributed by atoms with van der Waals surface area (Å²) in [5.74, 6) is -0.759. The Kier molecular flexibility index (Phi) is 6.48. The van der Waals surface area contributed by atoms with E-state index in [-0.39, 0.29) is 11.3 Å². The van der Waals surface area contributed by atoms with Gasteiger partial charge in [0.15, 0.2) is 0 Å². The highest BCUT2D eigenvalue weighted by molar-refractivity contribution is 7.15. The standard InChI is InChI=1S/C26H32N4O3S/c1-15-10-17(12-18(11-15)29-24-27-9-7-21(30-24)25(3,4)5)20-14-28-23(34-20)26(33)8-6-19(22(31)32)16(2)13-26/h7,9-12,14,16,19,33H,6,8,13H2,1-5H3,(H,31,32)(H,27,29,30). The number of aliphatic carboxylic acids is 1. The predicted octanol–water partition coefficient (Wildman–Crippen LogP) is 5.66. The van der Waals surface area contributed by atoms with Crippen LogP contribution in [0.25, 0.3) is 10.4 Å². The Bertz CT molecular complexity index is 1200. The fraction of sp³-hybridized carbons (Fsp3) is 0.462. The zero-order valence-corrected chi connectivity index (χ0v) is 21.1. The van der Waals surface area contributed by atoms with Gasteiger partial charge in [-0.05, 0) is 61.4 Å². The molecule has 1 aliphatic rings. The number of rotatable bonds is 5. The molecule has 4 rings (SSSR count). The van der Waals surface area contributed by atoms with Crippen LogP contribution < -0.4 is 5.32 Å². The summed E-state index contributed by atoms with van der Waals surface area (Å²) >= 11 is 1.46. The summed E-state index contributed by atoms with van der Waals surface area (Å²) < 4.78 is 0. The smallest absolute Gasteiger partial charge is 0.306 e. The van der Waals surface area contributed by atoms with Crippen LogP contribution in [0.1, 0.15) is 63.2 Å². The molecule has 2 heterocycles. The summed E-state index contributed by atoms with van der Waals surface area (Å²) in [5, 5.41) is 24.7. The Labute approximate surface area is 204 Å². The molecule has 0 spiro atoms. The summed E-state index contributed by atoms with van der Waals surface area (Å²) in [6, 6.07) is 8.09. The first-order valence-corrected chi connectivity index (χ1v) is 12.4. The van der Waals surface area contributed by atoms with Gasteiger partial charge < -0.3 is 15.5 Å². The average Bonchev–Trinajstić information content (AvgIpc) is 3.24. The third-order valence-corrected chi connectivity index (χ3v) is 7.72. The highest BCUT2D eigenvalue weighted by Gasteiger charge is 2.43. The summed E-state index contributed by atoms with van der Waals surface area (Å²) in [6.45, 7) is 10.3. The van der Waals surface area contributed by atoms with Crippen LogP contribution in [0, 0.1) is 18.8 Å². The van der Waals surface area contributed by atoms with Crippen LogP contribution in [-0.4, -0.2) is 31.1 Å². The second-order valence-electron chi connectivity index (χ2n) is 10.5. The molecule has 3 aromatic rings. The van der Waals surface area contributed by atoms with Gasteiger partial charge in [0.25, 0.3) is 0 Å². The Balaban J connectivity index is 1.57. The van der Waals surface area contributed by atoms with Gasteiger partial charge in [0.2, 0.25) is 5.95 Å². The van der Waals surface area contributed by atoms with Gasteiger partial charge in [0.05, 0.1) is 16.5 Å². The molecular formula is C26H32N4O3S. The van der Waals surface area contributed by atoms with E-state index in [0.717, 1.165) is 27.4 Å². The molecule has 1 saturated carbocycles. The molecule has 1 aromatic carbocycles. The number of aromatic nitrogens is 3. The first kappa shape index (κ1) is 24.3. The molecule has 180 valence electrons. The highest BCUT2D eigenvalue weighted by Crippen LogP contribution is 2.45. The number of nitrogens with one attached hydrogen (secondary N) is 1. The van der Waals surface area contributed by atoms with E-state index in [2.05, 4.69) is 47.1 Å². The van der Waals surface area contributed by atoms with E-state index in [4.69, 9.17) is 0 Å². The minimum atomic E-state index is -1.08. The van der Waals surface area contributed by atoms with Crippen molar-refractivity contribution in [1.82, 2.24) is 15.0 Å². The Morgan fingerprint density at radius 2 is 2.00 bits per heavy atom. The lowest BCUT2D eigenvalue weighted by molar-refractivity contribution is -0.148. The lowest BCUT2D eigenvalue weighted by Crippen LogP contribution is -2.38. The lowest BCUT2D eigenvalue weighted by Gasteiger charge is -2.37. The highest BCUT2D eigenvalue weighted by atomic mass is 32.1. The van der Waals surface area contributed by atoms with Crippen molar-refractivity contribution in [3.63, 3.8) is 0 Å². The number of nitrogens with zero attached hydrogens (tertiary/aromatic N) is 3. The quantitative estimate of drug-likeness (QED) is 0.432. The topological polar surface area (TPSA) is 108 Å². The van der Waals surface area contributed by atoms with Crippen LogP contribution in [0.5, 0.6) is 0 Å². The largest absolute Gasteiger partial charge is 0.481 e. The molecule has 3 N–H and O–H groups in total. The van der Waals surface area contributed by atoms with Gasteiger partial charge in [-0.2, -0.15) is 0 Å². The van der Waals surface area contributed by atoms with Crippen molar-refractivity contribution in [3.05, 3.63) is 52.9 Å². The Hall–Kier alpha value is -2.84. The van der Waals surface area contributed by atoms with Crippen molar-refractivity contribution in [2.75, 3.05) is 5.32 Å². The molecule has 3 unspecified atom stereocenters. The number of thiazole rings is 1. The molecule has 8 heteroatoms. The fourth-order valence-electron chi connectivity index (χ4n) is 4.60. The van der Waals surface area contributed by atoms with E-state index in [1.54, 1.807) is 12.4 Å². The third-order valence-electron chi connectivity index (χ3n) is 6.48. The fourth-order valence-corrected chi connectivity index (χ4v) is 5.63. The summed E-state index contributed by atoms with van der Waals surface area (Å²) in [6.07, 6.45) is 4.82. The number of aliphatic hydroxyl groups is 1. The van der Waals surface area contributed by atoms with Crippen molar-refractivity contribution in [2.24, 2.45) is 11.8 Å². The number of carboxylic acids is 1. The predicted molar refractivity (Wildman–Crippen MR) is 134 cm³/mol. The van der Waals surface area contributed by atoms with Gasteiger partial charge in [-0.3, -0.25) is 4.79 Å². The second-order valence-corrected chi connectivity index (χ2v) is 11.5. The van der Waals surface area contributed by atoms with Gasteiger partial charge in [-0.1, -0.05) is 33.8 Å².